The average Bonchev–Trinajstić information content (AvgIpc) is 3.31. The lowest BCUT2D eigenvalue weighted by Gasteiger charge is -2.33. The van der Waals surface area contributed by atoms with Gasteiger partial charge in [-0.2, -0.15) is 4.98 Å². The van der Waals surface area contributed by atoms with E-state index < -0.39 is 0 Å². The molecule has 1 amide bonds. The zero-order chi connectivity index (χ0) is 18.8. The van der Waals surface area contributed by atoms with Crippen LogP contribution in [0.2, 0.25) is 0 Å². The minimum absolute atomic E-state index is 0.0312. The summed E-state index contributed by atoms with van der Waals surface area (Å²) in [6, 6.07) is 8.30. The lowest BCUT2D eigenvalue weighted by Crippen LogP contribution is -2.49. The van der Waals surface area contributed by atoms with Gasteiger partial charge in [-0.15, -0.1) is 5.10 Å². The normalized spacial score (nSPS) is 14.6. The number of hydrogen-bond donors (Lipinski definition) is 0. The molecule has 3 heterocycles. The molecule has 1 aromatic carbocycles. The average molecular weight is 368 g/mol. The Morgan fingerprint density at radius 3 is 2.59 bits per heavy atom. The summed E-state index contributed by atoms with van der Waals surface area (Å²) in [4.78, 5) is 20.7. The highest BCUT2D eigenvalue weighted by Gasteiger charge is 2.25. The first-order chi connectivity index (χ1) is 13.1. The summed E-state index contributed by atoms with van der Waals surface area (Å²) in [5.41, 5.74) is 1.96. The van der Waals surface area contributed by atoms with Crippen LogP contribution in [0.15, 0.2) is 33.2 Å². The fourth-order valence-corrected chi connectivity index (χ4v) is 3.06. The van der Waals surface area contributed by atoms with Gasteiger partial charge in [-0.3, -0.25) is 4.79 Å². The Kier molecular flexibility index (Phi) is 4.57. The van der Waals surface area contributed by atoms with Crippen molar-refractivity contribution in [2.75, 3.05) is 31.1 Å². The molecule has 0 atom stereocenters. The Morgan fingerprint density at radius 1 is 1.11 bits per heavy atom. The SMILES string of the molecule is Cc1nnc(N2CCN(C(=O)Cc3nc(-c4ccccc4C)no3)CC2)o1. The van der Waals surface area contributed by atoms with Crippen LogP contribution in [0.4, 0.5) is 6.01 Å². The second-order valence-electron chi connectivity index (χ2n) is 6.47. The molecular weight excluding hydrogens is 348 g/mol. The monoisotopic (exact) mass is 368 g/mol. The van der Waals surface area contributed by atoms with Crippen LogP contribution in [-0.4, -0.2) is 57.3 Å². The fourth-order valence-electron chi connectivity index (χ4n) is 3.06. The zero-order valence-corrected chi connectivity index (χ0v) is 15.3. The van der Waals surface area contributed by atoms with Crippen LogP contribution in [0.3, 0.4) is 0 Å². The molecule has 0 unspecified atom stereocenters. The number of aryl methyl sites for hydroxylation is 2. The molecule has 140 valence electrons. The molecule has 3 aromatic rings. The number of aromatic nitrogens is 4. The first-order valence-corrected chi connectivity index (χ1v) is 8.81. The quantitative estimate of drug-likeness (QED) is 0.685. The molecule has 0 bridgehead atoms. The number of rotatable bonds is 4. The minimum atomic E-state index is -0.0312. The van der Waals surface area contributed by atoms with Gasteiger partial charge < -0.3 is 18.7 Å². The van der Waals surface area contributed by atoms with Crippen LogP contribution in [0.1, 0.15) is 17.3 Å². The molecule has 0 radical (unpaired) electrons. The maximum Gasteiger partial charge on any atom is 0.318 e. The Bertz CT molecular complexity index is 942. The minimum Gasteiger partial charge on any atom is -0.408 e. The zero-order valence-electron chi connectivity index (χ0n) is 15.3. The molecular formula is C18H20N6O3. The van der Waals surface area contributed by atoms with Gasteiger partial charge in [0.1, 0.15) is 6.42 Å². The number of nitrogens with zero attached hydrogens (tertiary/aromatic N) is 6. The standard InChI is InChI=1S/C18H20N6O3/c1-12-5-3-4-6-14(12)17-19-15(27-22-17)11-16(25)23-7-9-24(10-8-23)18-21-20-13(2)26-18/h3-6H,7-11H2,1-2H3. The molecule has 9 heteroatoms. The van der Waals surface area contributed by atoms with Gasteiger partial charge in [-0.05, 0) is 12.5 Å². The highest BCUT2D eigenvalue weighted by atomic mass is 16.5. The second-order valence-corrected chi connectivity index (χ2v) is 6.47. The van der Waals surface area contributed by atoms with Crippen LogP contribution in [-0.2, 0) is 11.2 Å². The van der Waals surface area contributed by atoms with E-state index in [0.717, 1.165) is 11.1 Å². The van der Waals surface area contributed by atoms with E-state index >= 15 is 0 Å². The molecule has 27 heavy (non-hydrogen) atoms. The van der Waals surface area contributed by atoms with Crippen molar-refractivity contribution in [3.8, 4) is 11.4 Å². The third kappa shape index (κ3) is 3.67. The van der Waals surface area contributed by atoms with Gasteiger partial charge in [0.15, 0.2) is 0 Å². The molecule has 1 aliphatic rings. The van der Waals surface area contributed by atoms with Crippen molar-refractivity contribution in [1.29, 1.82) is 0 Å². The van der Waals surface area contributed by atoms with Crippen LogP contribution >= 0.6 is 0 Å². The van der Waals surface area contributed by atoms with E-state index in [1.54, 1.807) is 11.8 Å². The van der Waals surface area contributed by atoms with Crippen molar-refractivity contribution in [2.24, 2.45) is 0 Å². The van der Waals surface area contributed by atoms with E-state index in [1.165, 1.54) is 0 Å². The summed E-state index contributed by atoms with van der Waals surface area (Å²) in [6.07, 6.45) is 0.0958. The van der Waals surface area contributed by atoms with Crippen molar-refractivity contribution < 1.29 is 13.7 Å². The summed E-state index contributed by atoms with van der Waals surface area (Å²) < 4.78 is 10.7. The lowest BCUT2D eigenvalue weighted by atomic mass is 10.1. The van der Waals surface area contributed by atoms with E-state index in [9.17, 15) is 4.79 Å². The number of piperazine rings is 1. The van der Waals surface area contributed by atoms with Crippen LogP contribution < -0.4 is 4.90 Å². The fraction of sp³-hybridized carbons (Fsp3) is 0.389. The lowest BCUT2D eigenvalue weighted by molar-refractivity contribution is -0.131. The molecule has 0 aliphatic carbocycles. The van der Waals surface area contributed by atoms with Crippen molar-refractivity contribution >= 4 is 11.9 Å². The van der Waals surface area contributed by atoms with Crippen molar-refractivity contribution in [3.05, 3.63) is 41.6 Å². The van der Waals surface area contributed by atoms with Gasteiger partial charge in [0.2, 0.25) is 23.5 Å². The molecule has 0 saturated carbocycles. The smallest absolute Gasteiger partial charge is 0.318 e. The molecule has 1 aliphatic heterocycles. The van der Waals surface area contributed by atoms with Crippen LogP contribution in [0.25, 0.3) is 11.4 Å². The van der Waals surface area contributed by atoms with Gasteiger partial charge in [0, 0.05) is 38.7 Å². The Balaban J connectivity index is 1.36. The highest BCUT2D eigenvalue weighted by molar-refractivity contribution is 5.78. The predicted octanol–water partition coefficient (Wildman–Crippen LogP) is 1.63. The third-order valence-corrected chi connectivity index (χ3v) is 4.57. The number of amides is 1. The summed E-state index contributed by atoms with van der Waals surface area (Å²) in [5.74, 6) is 1.33. The van der Waals surface area contributed by atoms with E-state index in [2.05, 4.69) is 20.3 Å². The van der Waals surface area contributed by atoms with Crippen molar-refractivity contribution in [2.45, 2.75) is 20.3 Å². The first kappa shape index (κ1) is 17.2. The maximum absolute atomic E-state index is 12.6. The summed E-state index contributed by atoms with van der Waals surface area (Å²) in [5, 5.41) is 11.9. The molecule has 1 fully saturated rings. The van der Waals surface area contributed by atoms with E-state index in [-0.39, 0.29) is 12.3 Å². The van der Waals surface area contributed by atoms with Crippen LogP contribution in [0.5, 0.6) is 0 Å². The van der Waals surface area contributed by atoms with Crippen LogP contribution in [0, 0.1) is 13.8 Å². The molecule has 4 rings (SSSR count). The highest BCUT2D eigenvalue weighted by Crippen LogP contribution is 2.20. The molecule has 0 spiro atoms. The Labute approximate surface area is 156 Å². The molecule has 9 nitrogen and oxygen atoms in total. The largest absolute Gasteiger partial charge is 0.408 e. The maximum atomic E-state index is 12.6. The number of carbonyl (C=O) groups excluding carboxylic acids is 1. The topological polar surface area (TPSA) is 101 Å². The van der Waals surface area contributed by atoms with Gasteiger partial charge in [0.05, 0.1) is 0 Å². The van der Waals surface area contributed by atoms with Crippen molar-refractivity contribution in [3.63, 3.8) is 0 Å². The van der Waals surface area contributed by atoms with Gasteiger partial charge in [-0.25, -0.2) is 0 Å². The van der Waals surface area contributed by atoms with Gasteiger partial charge in [-0.1, -0.05) is 34.5 Å². The van der Waals surface area contributed by atoms with Gasteiger partial charge in [0.25, 0.3) is 0 Å². The number of anilines is 1. The summed E-state index contributed by atoms with van der Waals surface area (Å²) in [7, 11) is 0. The van der Waals surface area contributed by atoms with E-state index in [4.69, 9.17) is 8.94 Å². The predicted molar refractivity (Wildman–Crippen MR) is 96.0 cm³/mol. The van der Waals surface area contributed by atoms with E-state index in [0.29, 0.717) is 49.8 Å². The Hall–Kier alpha value is -3.23. The molecule has 1 saturated heterocycles. The van der Waals surface area contributed by atoms with Crippen molar-refractivity contribution in [1.82, 2.24) is 25.2 Å². The first-order valence-electron chi connectivity index (χ1n) is 8.81. The van der Waals surface area contributed by atoms with E-state index in [1.807, 2.05) is 36.1 Å². The second kappa shape index (κ2) is 7.18. The Morgan fingerprint density at radius 2 is 1.89 bits per heavy atom. The summed E-state index contributed by atoms with van der Waals surface area (Å²) >= 11 is 0. The third-order valence-electron chi connectivity index (χ3n) is 4.57. The van der Waals surface area contributed by atoms with Gasteiger partial charge >= 0.3 is 6.01 Å². The number of carbonyl (C=O) groups is 1. The number of benzene rings is 1. The number of hydrogen-bond acceptors (Lipinski definition) is 8. The molecule has 0 N–H and O–H groups in total. The summed E-state index contributed by atoms with van der Waals surface area (Å²) in [6.45, 7) is 6.20. The molecule has 2 aromatic heterocycles.